The molecule has 1 atom stereocenters. The third kappa shape index (κ3) is 3.37. The van der Waals surface area contributed by atoms with E-state index >= 15 is 0 Å². The van der Waals surface area contributed by atoms with Crippen LogP contribution in [0.5, 0.6) is 0 Å². The van der Waals surface area contributed by atoms with Gasteiger partial charge in [-0.15, -0.1) is 0 Å². The summed E-state index contributed by atoms with van der Waals surface area (Å²) in [5.74, 6) is -0.260. The number of rotatable bonds is 7. The quantitative estimate of drug-likeness (QED) is 0.773. The molecule has 0 radical (unpaired) electrons. The lowest BCUT2D eigenvalue weighted by Crippen LogP contribution is -2.38. The smallest absolute Gasteiger partial charge is 0.304 e. The standard InChI is InChI=1S/C12H19N3O4S/c1-3-15-7-11(13-8(15)2)20(18,19)14-10(6-12(16)17)9-4-5-9/h7,9-10,14H,3-6H2,1-2H3,(H,16,17). The Morgan fingerprint density at radius 3 is 2.70 bits per heavy atom. The van der Waals surface area contributed by atoms with Gasteiger partial charge < -0.3 is 9.67 Å². The summed E-state index contributed by atoms with van der Waals surface area (Å²) in [5.41, 5.74) is 0. The van der Waals surface area contributed by atoms with Gasteiger partial charge in [-0.25, -0.2) is 18.1 Å². The zero-order valence-corrected chi connectivity index (χ0v) is 12.4. The van der Waals surface area contributed by atoms with Gasteiger partial charge in [0.1, 0.15) is 5.82 Å². The molecule has 1 fully saturated rings. The fraction of sp³-hybridized carbons (Fsp3) is 0.667. The van der Waals surface area contributed by atoms with Gasteiger partial charge >= 0.3 is 5.97 Å². The summed E-state index contributed by atoms with van der Waals surface area (Å²) in [6.07, 6.45) is 3.01. The zero-order valence-electron chi connectivity index (χ0n) is 11.5. The number of aliphatic carboxylic acids is 1. The topological polar surface area (TPSA) is 101 Å². The van der Waals surface area contributed by atoms with E-state index in [1.807, 2.05) is 6.92 Å². The Hall–Kier alpha value is -1.41. The first-order chi connectivity index (χ1) is 9.33. The minimum absolute atomic E-state index is 0.0483. The number of nitrogens with one attached hydrogen (secondary N) is 1. The Morgan fingerprint density at radius 1 is 1.60 bits per heavy atom. The highest BCUT2D eigenvalue weighted by Crippen LogP contribution is 2.34. The molecule has 7 nitrogen and oxygen atoms in total. The van der Waals surface area contributed by atoms with Gasteiger partial charge in [0.25, 0.3) is 10.0 Å². The molecule has 0 aliphatic heterocycles. The van der Waals surface area contributed by atoms with E-state index in [1.54, 1.807) is 11.5 Å². The lowest BCUT2D eigenvalue weighted by atomic mass is 10.1. The van der Waals surface area contributed by atoms with Crippen molar-refractivity contribution in [1.82, 2.24) is 14.3 Å². The minimum atomic E-state index is -3.77. The van der Waals surface area contributed by atoms with Gasteiger partial charge in [-0.1, -0.05) is 0 Å². The fourth-order valence-corrected chi connectivity index (χ4v) is 3.49. The summed E-state index contributed by atoms with van der Waals surface area (Å²) >= 11 is 0. The maximum absolute atomic E-state index is 12.3. The molecule has 2 rings (SSSR count). The van der Waals surface area contributed by atoms with Gasteiger partial charge in [0.15, 0.2) is 5.03 Å². The number of nitrogens with zero attached hydrogens (tertiary/aromatic N) is 2. The monoisotopic (exact) mass is 301 g/mol. The Kier molecular flexibility index (Phi) is 4.14. The molecule has 8 heteroatoms. The Balaban J connectivity index is 2.18. The average Bonchev–Trinajstić information content (AvgIpc) is 3.11. The van der Waals surface area contributed by atoms with E-state index in [1.165, 1.54) is 6.20 Å². The molecule has 1 saturated carbocycles. The lowest BCUT2D eigenvalue weighted by Gasteiger charge is -2.15. The van der Waals surface area contributed by atoms with Crippen LogP contribution in [0.15, 0.2) is 11.2 Å². The molecule has 20 heavy (non-hydrogen) atoms. The predicted octanol–water partition coefficient (Wildman–Crippen LogP) is 0.743. The molecule has 0 saturated heterocycles. The minimum Gasteiger partial charge on any atom is -0.481 e. The lowest BCUT2D eigenvalue weighted by molar-refractivity contribution is -0.137. The third-order valence-electron chi connectivity index (χ3n) is 3.46. The number of carbonyl (C=O) groups is 1. The van der Waals surface area contributed by atoms with E-state index in [0.717, 1.165) is 12.8 Å². The number of carboxylic acids is 1. The van der Waals surface area contributed by atoms with Crippen LogP contribution >= 0.6 is 0 Å². The fourth-order valence-electron chi connectivity index (χ4n) is 2.18. The van der Waals surface area contributed by atoms with Crippen LogP contribution in [0, 0.1) is 12.8 Å². The van der Waals surface area contributed by atoms with Gasteiger partial charge in [0.05, 0.1) is 6.42 Å². The van der Waals surface area contributed by atoms with Crippen LogP contribution in [0.4, 0.5) is 0 Å². The second-order valence-corrected chi connectivity index (χ2v) is 6.74. The normalized spacial score (nSPS) is 17.1. The summed E-state index contributed by atoms with van der Waals surface area (Å²) in [4.78, 5) is 14.8. The second kappa shape index (κ2) is 5.53. The number of imidazole rings is 1. The molecule has 2 N–H and O–H groups in total. The van der Waals surface area contributed by atoms with Crippen molar-refractivity contribution in [1.29, 1.82) is 0 Å². The van der Waals surface area contributed by atoms with Crippen LogP contribution in [-0.4, -0.2) is 35.1 Å². The molecular formula is C12H19N3O4S. The van der Waals surface area contributed by atoms with E-state index in [2.05, 4.69) is 9.71 Å². The van der Waals surface area contributed by atoms with E-state index in [9.17, 15) is 13.2 Å². The summed E-state index contributed by atoms with van der Waals surface area (Å²) in [7, 11) is -3.77. The summed E-state index contributed by atoms with van der Waals surface area (Å²) in [5, 5.41) is 8.81. The summed E-state index contributed by atoms with van der Waals surface area (Å²) < 4.78 is 28.7. The summed E-state index contributed by atoms with van der Waals surface area (Å²) in [6.45, 7) is 4.27. The largest absolute Gasteiger partial charge is 0.481 e. The van der Waals surface area contributed by atoms with Crippen molar-refractivity contribution in [2.45, 2.75) is 50.7 Å². The number of carboxylic acid groups (broad SMARTS) is 1. The molecule has 0 aromatic carbocycles. The molecule has 0 bridgehead atoms. The molecule has 1 aromatic heterocycles. The van der Waals surface area contributed by atoms with Crippen LogP contribution in [-0.2, 0) is 21.4 Å². The highest BCUT2D eigenvalue weighted by Gasteiger charge is 2.36. The van der Waals surface area contributed by atoms with Gasteiger partial charge in [-0.3, -0.25) is 4.79 Å². The SMILES string of the molecule is CCn1cc(S(=O)(=O)NC(CC(=O)O)C2CC2)nc1C. The first kappa shape index (κ1) is 15.0. The summed E-state index contributed by atoms with van der Waals surface area (Å²) in [6, 6.07) is -0.551. The predicted molar refractivity (Wildman–Crippen MR) is 71.7 cm³/mol. The van der Waals surface area contributed by atoms with Crippen molar-refractivity contribution in [3.63, 3.8) is 0 Å². The van der Waals surface area contributed by atoms with E-state index in [4.69, 9.17) is 5.11 Å². The van der Waals surface area contributed by atoms with Crippen LogP contribution in [0.3, 0.4) is 0 Å². The highest BCUT2D eigenvalue weighted by molar-refractivity contribution is 7.89. The molecule has 1 aromatic rings. The highest BCUT2D eigenvalue weighted by atomic mass is 32.2. The number of aromatic nitrogens is 2. The average molecular weight is 301 g/mol. The van der Waals surface area contributed by atoms with Crippen LogP contribution in [0.2, 0.25) is 0 Å². The van der Waals surface area contributed by atoms with Gasteiger partial charge in [0, 0.05) is 18.8 Å². The van der Waals surface area contributed by atoms with Crippen LogP contribution < -0.4 is 4.72 Å². The Morgan fingerprint density at radius 2 is 2.25 bits per heavy atom. The Labute approximate surface area is 118 Å². The first-order valence-electron chi connectivity index (χ1n) is 6.61. The number of hydrogen-bond donors (Lipinski definition) is 2. The molecule has 1 heterocycles. The molecule has 0 amide bonds. The van der Waals surface area contributed by atoms with Crippen molar-refractivity contribution >= 4 is 16.0 Å². The first-order valence-corrected chi connectivity index (χ1v) is 8.09. The van der Waals surface area contributed by atoms with Gasteiger partial charge in [-0.05, 0) is 32.6 Å². The molecule has 1 unspecified atom stereocenters. The molecule has 0 spiro atoms. The zero-order chi connectivity index (χ0) is 14.9. The van der Waals surface area contributed by atoms with Crippen molar-refractivity contribution in [2.75, 3.05) is 0 Å². The Bertz CT molecular complexity index is 604. The second-order valence-electron chi connectivity index (χ2n) is 5.08. The van der Waals surface area contributed by atoms with E-state index in [-0.39, 0.29) is 17.4 Å². The van der Waals surface area contributed by atoms with Crippen molar-refractivity contribution < 1.29 is 18.3 Å². The number of sulfonamides is 1. The van der Waals surface area contributed by atoms with Gasteiger partial charge in [0.2, 0.25) is 0 Å². The maximum Gasteiger partial charge on any atom is 0.304 e. The van der Waals surface area contributed by atoms with Crippen molar-refractivity contribution in [3.8, 4) is 0 Å². The van der Waals surface area contributed by atoms with Crippen molar-refractivity contribution in [2.24, 2.45) is 5.92 Å². The van der Waals surface area contributed by atoms with Crippen molar-refractivity contribution in [3.05, 3.63) is 12.0 Å². The van der Waals surface area contributed by atoms with Gasteiger partial charge in [-0.2, -0.15) is 0 Å². The number of hydrogen-bond acceptors (Lipinski definition) is 4. The number of aryl methyl sites for hydroxylation is 2. The molecule has 1 aliphatic carbocycles. The van der Waals surface area contributed by atoms with Crippen LogP contribution in [0.25, 0.3) is 0 Å². The maximum atomic E-state index is 12.3. The van der Waals surface area contributed by atoms with E-state index in [0.29, 0.717) is 12.4 Å². The molecule has 112 valence electrons. The molecule has 1 aliphatic rings. The molecular weight excluding hydrogens is 282 g/mol. The van der Waals surface area contributed by atoms with E-state index < -0.39 is 22.0 Å². The third-order valence-corrected chi connectivity index (χ3v) is 4.82. The van der Waals surface area contributed by atoms with Crippen LogP contribution in [0.1, 0.15) is 32.0 Å².